The molecule has 1 aliphatic carbocycles. The van der Waals surface area contributed by atoms with Gasteiger partial charge in [0.25, 0.3) is 0 Å². The maximum absolute atomic E-state index is 13.1. The topological polar surface area (TPSA) is 21.3 Å². The molecule has 1 aromatic rings. The highest BCUT2D eigenvalue weighted by Crippen LogP contribution is 2.20. The fraction of sp³-hybridized carbons (Fsp3) is 0.500. The predicted molar refractivity (Wildman–Crippen MR) is 64.3 cm³/mol. The standard InChI is InChI=1S/C12H15BrFNO/c13-10-5-9(6-11(14)7-10)8-15-16-12-3-1-2-4-12/h5-7,12,15H,1-4,8H2. The summed E-state index contributed by atoms with van der Waals surface area (Å²) in [5, 5.41) is 0. The molecule has 0 bridgehead atoms. The van der Waals surface area contributed by atoms with Crippen molar-refractivity contribution < 1.29 is 9.23 Å². The molecule has 16 heavy (non-hydrogen) atoms. The van der Waals surface area contributed by atoms with E-state index in [0.29, 0.717) is 12.6 Å². The van der Waals surface area contributed by atoms with E-state index in [1.54, 1.807) is 0 Å². The van der Waals surface area contributed by atoms with Crippen LogP contribution in [-0.2, 0) is 11.4 Å². The fourth-order valence-electron chi connectivity index (χ4n) is 1.96. The summed E-state index contributed by atoms with van der Waals surface area (Å²) in [5.74, 6) is -0.230. The maximum atomic E-state index is 13.1. The van der Waals surface area contributed by atoms with Gasteiger partial charge in [-0.2, -0.15) is 5.48 Å². The average molecular weight is 288 g/mol. The second-order valence-electron chi connectivity index (χ2n) is 4.12. The van der Waals surface area contributed by atoms with Gasteiger partial charge in [0, 0.05) is 11.0 Å². The van der Waals surface area contributed by atoms with Crippen molar-refractivity contribution in [2.24, 2.45) is 0 Å². The minimum absolute atomic E-state index is 0.230. The lowest BCUT2D eigenvalue weighted by Crippen LogP contribution is -2.21. The third kappa shape index (κ3) is 3.54. The molecule has 0 aromatic heterocycles. The Morgan fingerprint density at radius 2 is 2.06 bits per heavy atom. The van der Waals surface area contributed by atoms with E-state index in [-0.39, 0.29) is 5.82 Å². The molecule has 0 atom stereocenters. The molecular weight excluding hydrogens is 273 g/mol. The van der Waals surface area contributed by atoms with E-state index in [1.807, 2.05) is 6.07 Å². The molecule has 0 amide bonds. The zero-order chi connectivity index (χ0) is 11.4. The summed E-state index contributed by atoms with van der Waals surface area (Å²) in [6.45, 7) is 0.535. The first-order valence-electron chi connectivity index (χ1n) is 5.57. The molecule has 88 valence electrons. The van der Waals surface area contributed by atoms with Crippen LogP contribution in [0.25, 0.3) is 0 Å². The van der Waals surface area contributed by atoms with Gasteiger partial charge in [-0.25, -0.2) is 4.39 Å². The zero-order valence-electron chi connectivity index (χ0n) is 9.01. The van der Waals surface area contributed by atoms with Crippen LogP contribution in [0.3, 0.4) is 0 Å². The Balaban J connectivity index is 1.80. The van der Waals surface area contributed by atoms with Crippen LogP contribution < -0.4 is 5.48 Å². The molecule has 1 N–H and O–H groups in total. The molecule has 0 spiro atoms. The van der Waals surface area contributed by atoms with Crippen molar-refractivity contribution in [2.75, 3.05) is 0 Å². The van der Waals surface area contributed by atoms with E-state index in [2.05, 4.69) is 21.4 Å². The second kappa shape index (κ2) is 5.75. The molecule has 0 heterocycles. The molecule has 1 saturated carbocycles. The van der Waals surface area contributed by atoms with Crippen LogP contribution in [0.1, 0.15) is 31.2 Å². The average Bonchev–Trinajstić information content (AvgIpc) is 2.69. The summed E-state index contributed by atoms with van der Waals surface area (Å²) in [6, 6.07) is 4.84. The van der Waals surface area contributed by atoms with Gasteiger partial charge in [-0.05, 0) is 36.6 Å². The van der Waals surface area contributed by atoms with Gasteiger partial charge in [0.15, 0.2) is 0 Å². The normalized spacial score (nSPS) is 16.9. The van der Waals surface area contributed by atoms with Gasteiger partial charge in [0.05, 0.1) is 6.10 Å². The largest absolute Gasteiger partial charge is 0.298 e. The summed E-state index contributed by atoms with van der Waals surface area (Å²) < 4.78 is 13.8. The minimum Gasteiger partial charge on any atom is -0.298 e. The number of benzene rings is 1. The van der Waals surface area contributed by atoms with Gasteiger partial charge < -0.3 is 0 Å². The number of rotatable bonds is 4. The predicted octanol–water partition coefficient (Wildman–Crippen LogP) is 3.55. The molecule has 0 radical (unpaired) electrons. The molecule has 0 saturated heterocycles. The van der Waals surface area contributed by atoms with E-state index in [1.165, 1.54) is 25.0 Å². The Morgan fingerprint density at radius 3 is 2.75 bits per heavy atom. The maximum Gasteiger partial charge on any atom is 0.124 e. The van der Waals surface area contributed by atoms with Gasteiger partial charge in [-0.3, -0.25) is 4.84 Å². The SMILES string of the molecule is Fc1cc(Br)cc(CNOC2CCCC2)c1. The second-order valence-corrected chi connectivity index (χ2v) is 5.04. The third-order valence-corrected chi connectivity index (χ3v) is 3.21. The summed E-state index contributed by atoms with van der Waals surface area (Å²) in [4.78, 5) is 5.50. The number of halogens is 2. The monoisotopic (exact) mass is 287 g/mol. The summed E-state index contributed by atoms with van der Waals surface area (Å²) in [5.41, 5.74) is 3.79. The van der Waals surface area contributed by atoms with E-state index in [4.69, 9.17) is 4.84 Å². The third-order valence-electron chi connectivity index (χ3n) is 2.75. The number of hydroxylamine groups is 1. The molecule has 2 nitrogen and oxygen atoms in total. The lowest BCUT2D eigenvalue weighted by Gasteiger charge is -2.11. The van der Waals surface area contributed by atoms with Crippen LogP contribution in [0.2, 0.25) is 0 Å². The van der Waals surface area contributed by atoms with Gasteiger partial charge in [-0.1, -0.05) is 28.8 Å². The molecule has 1 fully saturated rings. The van der Waals surface area contributed by atoms with Crippen LogP contribution in [0.4, 0.5) is 4.39 Å². The highest BCUT2D eigenvalue weighted by Gasteiger charge is 2.15. The van der Waals surface area contributed by atoms with Crippen molar-refractivity contribution in [3.05, 3.63) is 34.1 Å². The Kier molecular flexibility index (Phi) is 4.32. The lowest BCUT2D eigenvalue weighted by atomic mass is 10.2. The highest BCUT2D eigenvalue weighted by atomic mass is 79.9. The first-order chi connectivity index (χ1) is 7.74. The van der Waals surface area contributed by atoms with Crippen molar-refractivity contribution in [3.8, 4) is 0 Å². The molecule has 1 aliphatic rings. The number of hydrogen-bond acceptors (Lipinski definition) is 2. The molecule has 4 heteroatoms. The molecule has 0 unspecified atom stereocenters. The highest BCUT2D eigenvalue weighted by molar-refractivity contribution is 9.10. The fourth-order valence-corrected chi connectivity index (χ4v) is 2.47. The Bertz CT molecular complexity index is 333. The number of hydrogen-bond donors (Lipinski definition) is 1. The van der Waals surface area contributed by atoms with Crippen LogP contribution in [0.15, 0.2) is 22.7 Å². The van der Waals surface area contributed by atoms with Gasteiger partial charge in [-0.15, -0.1) is 0 Å². The van der Waals surface area contributed by atoms with Crippen molar-refractivity contribution in [3.63, 3.8) is 0 Å². The minimum atomic E-state index is -0.230. The van der Waals surface area contributed by atoms with Crippen LogP contribution >= 0.6 is 15.9 Å². The molecule has 0 aliphatic heterocycles. The van der Waals surface area contributed by atoms with Crippen molar-refractivity contribution in [2.45, 2.75) is 38.3 Å². The lowest BCUT2D eigenvalue weighted by molar-refractivity contribution is -0.0244. The Labute approximate surface area is 103 Å². The summed E-state index contributed by atoms with van der Waals surface area (Å²) in [6.07, 6.45) is 5.08. The Hall–Kier alpha value is -0.450. The van der Waals surface area contributed by atoms with E-state index >= 15 is 0 Å². The quantitative estimate of drug-likeness (QED) is 0.855. The number of nitrogens with one attached hydrogen (secondary N) is 1. The van der Waals surface area contributed by atoms with Crippen LogP contribution in [0, 0.1) is 5.82 Å². The summed E-state index contributed by atoms with van der Waals surface area (Å²) >= 11 is 3.26. The van der Waals surface area contributed by atoms with Gasteiger partial charge in [0.1, 0.15) is 5.82 Å². The molecule has 2 rings (SSSR count). The molecule has 1 aromatic carbocycles. The Morgan fingerprint density at radius 1 is 1.31 bits per heavy atom. The van der Waals surface area contributed by atoms with Gasteiger partial charge in [0.2, 0.25) is 0 Å². The van der Waals surface area contributed by atoms with Crippen molar-refractivity contribution in [1.29, 1.82) is 0 Å². The zero-order valence-corrected chi connectivity index (χ0v) is 10.6. The van der Waals surface area contributed by atoms with Crippen LogP contribution in [-0.4, -0.2) is 6.10 Å². The smallest absolute Gasteiger partial charge is 0.124 e. The first-order valence-corrected chi connectivity index (χ1v) is 6.37. The summed E-state index contributed by atoms with van der Waals surface area (Å²) in [7, 11) is 0. The van der Waals surface area contributed by atoms with Gasteiger partial charge >= 0.3 is 0 Å². The van der Waals surface area contributed by atoms with E-state index in [9.17, 15) is 4.39 Å². The van der Waals surface area contributed by atoms with E-state index < -0.39 is 0 Å². The van der Waals surface area contributed by atoms with Crippen LogP contribution in [0.5, 0.6) is 0 Å². The van der Waals surface area contributed by atoms with E-state index in [0.717, 1.165) is 22.9 Å². The van der Waals surface area contributed by atoms with Crippen molar-refractivity contribution >= 4 is 15.9 Å². The first kappa shape index (κ1) is 12.0. The van der Waals surface area contributed by atoms with Crippen molar-refractivity contribution in [1.82, 2.24) is 5.48 Å². The molecular formula is C12H15BrFNO.